The van der Waals surface area contributed by atoms with Gasteiger partial charge in [-0.1, -0.05) is 19.2 Å². The molecule has 5 aliphatic rings. The fraction of sp³-hybridized carbons (Fsp3) is 0.286. The predicted molar refractivity (Wildman–Crippen MR) is 175 cm³/mol. The van der Waals surface area contributed by atoms with Crippen molar-refractivity contribution in [3.63, 3.8) is 0 Å². The van der Waals surface area contributed by atoms with Gasteiger partial charge in [-0.05, 0) is 75.5 Å². The highest BCUT2D eigenvalue weighted by Gasteiger charge is 2.42. The summed E-state index contributed by atoms with van der Waals surface area (Å²) >= 11 is 0. The number of carbonyl (C=O) groups is 4. The van der Waals surface area contributed by atoms with E-state index in [-0.39, 0.29) is 18.7 Å². The lowest BCUT2D eigenvalue weighted by Crippen LogP contribution is -2.50. The Bertz CT molecular complexity index is 1840. The summed E-state index contributed by atoms with van der Waals surface area (Å²) in [6.45, 7) is 8.99. The number of nitrogens with zero attached hydrogens (tertiary/aromatic N) is 3. The summed E-state index contributed by atoms with van der Waals surface area (Å²) in [4.78, 5) is 53.2. The van der Waals surface area contributed by atoms with Crippen LogP contribution < -0.4 is 15.4 Å². The Balaban J connectivity index is 1.33. The average molecular weight is 620 g/mol. The lowest BCUT2D eigenvalue weighted by Gasteiger charge is -2.40. The minimum Gasteiger partial charge on any atom is -0.478 e. The minimum absolute atomic E-state index is 0.0486. The van der Waals surface area contributed by atoms with E-state index in [1.165, 1.54) is 58.9 Å². The molecule has 0 atom stereocenters. The van der Waals surface area contributed by atoms with Crippen LogP contribution in [0.1, 0.15) is 44.7 Å². The van der Waals surface area contributed by atoms with Crippen molar-refractivity contribution in [2.45, 2.75) is 25.9 Å². The first kappa shape index (κ1) is 28.9. The first-order valence-electron chi connectivity index (χ1n) is 15.5. The van der Waals surface area contributed by atoms with Crippen molar-refractivity contribution in [2.24, 2.45) is 0 Å². The number of fused-ring (bicyclic) bond motifs is 2. The van der Waals surface area contributed by atoms with Gasteiger partial charge in [-0.15, -0.1) is 0 Å². The van der Waals surface area contributed by atoms with E-state index >= 15 is 0 Å². The number of imide groups is 1. The second-order valence-electron chi connectivity index (χ2n) is 12.6. The number of allylic oxidation sites excluding steroid dienone is 5. The molecular formula is C35H35N4O5Si+. The maximum Gasteiger partial charge on any atom is 0.336 e. The number of carboxylic acid groups (broad SMARTS) is 1. The number of carboxylic acids is 1. The molecule has 2 aromatic rings. The molecule has 4 aliphatic heterocycles. The first-order chi connectivity index (χ1) is 21.6. The molecule has 0 bridgehead atoms. The molecule has 0 aromatic heterocycles. The summed E-state index contributed by atoms with van der Waals surface area (Å²) in [5.74, 6) is -2.29. The molecule has 228 valence electrons. The third kappa shape index (κ3) is 4.89. The molecule has 2 N–H and O–H groups in total. The number of amides is 3. The van der Waals surface area contributed by atoms with Crippen LogP contribution in [-0.2, 0) is 9.59 Å². The number of carbonyl (C=O) groups excluding carboxylic acids is 3. The second kappa shape index (κ2) is 11.0. The largest absolute Gasteiger partial charge is 0.478 e. The summed E-state index contributed by atoms with van der Waals surface area (Å²) in [5, 5.41) is 15.7. The van der Waals surface area contributed by atoms with Crippen LogP contribution in [0.15, 0.2) is 77.5 Å². The average Bonchev–Trinajstić information content (AvgIpc) is 3.28. The lowest BCUT2D eigenvalue weighted by molar-refractivity contribution is -0.582. The van der Waals surface area contributed by atoms with Gasteiger partial charge in [-0.3, -0.25) is 19.3 Å². The zero-order valence-electron chi connectivity index (χ0n) is 25.4. The number of rotatable bonds is 7. The molecule has 10 heteroatoms. The quantitative estimate of drug-likeness (QED) is 0.280. The van der Waals surface area contributed by atoms with Gasteiger partial charge in [0, 0.05) is 61.7 Å². The first-order valence-corrected chi connectivity index (χ1v) is 18.5. The smallest absolute Gasteiger partial charge is 0.336 e. The van der Waals surface area contributed by atoms with Gasteiger partial charge in [0.05, 0.1) is 12.0 Å². The van der Waals surface area contributed by atoms with Crippen molar-refractivity contribution in [2.75, 3.05) is 44.2 Å². The Morgan fingerprint density at radius 1 is 0.933 bits per heavy atom. The maximum absolute atomic E-state index is 13.3. The predicted octanol–water partition coefficient (Wildman–Crippen LogP) is 2.87. The van der Waals surface area contributed by atoms with E-state index < -0.39 is 31.8 Å². The third-order valence-electron chi connectivity index (χ3n) is 9.64. The van der Waals surface area contributed by atoms with Gasteiger partial charge in [0.1, 0.15) is 21.2 Å². The molecule has 45 heavy (non-hydrogen) atoms. The molecule has 2 fully saturated rings. The Morgan fingerprint density at radius 2 is 1.69 bits per heavy atom. The van der Waals surface area contributed by atoms with Crippen molar-refractivity contribution in [3.05, 3.63) is 99.8 Å². The van der Waals surface area contributed by atoms with Crippen molar-refractivity contribution in [1.29, 1.82) is 0 Å². The highest BCUT2D eigenvalue weighted by Crippen LogP contribution is 2.43. The van der Waals surface area contributed by atoms with Crippen LogP contribution >= 0.6 is 0 Å². The van der Waals surface area contributed by atoms with Crippen LogP contribution in [0.3, 0.4) is 0 Å². The van der Waals surface area contributed by atoms with Gasteiger partial charge >= 0.3 is 5.97 Å². The summed E-state index contributed by atoms with van der Waals surface area (Å²) in [7, 11) is -2.23. The molecule has 0 saturated carbocycles. The monoisotopic (exact) mass is 619 g/mol. The number of hydrogen-bond donors (Lipinski definition) is 2. The van der Waals surface area contributed by atoms with E-state index in [0.29, 0.717) is 11.1 Å². The van der Waals surface area contributed by atoms with E-state index in [1.54, 1.807) is 6.07 Å². The number of anilines is 1. The van der Waals surface area contributed by atoms with Crippen molar-refractivity contribution < 1.29 is 28.9 Å². The Labute approximate surface area is 262 Å². The number of benzene rings is 2. The molecule has 1 aliphatic carbocycles. The molecule has 0 radical (unpaired) electrons. The molecule has 2 saturated heterocycles. The van der Waals surface area contributed by atoms with E-state index in [4.69, 9.17) is 0 Å². The Kier molecular flexibility index (Phi) is 7.04. The van der Waals surface area contributed by atoms with Crippen LogP contribution in [0.5, 0.6) is 0 Å². The molecule has 3 amide bonds. The summed E-state index contributed by atoms with van der Waals surface area (Å²) in [6.07, 6.45) is 11.4. The van der Waals surface area contributed by atoms with E-state index in [1.807, 2.05) is 0 Å². The van der Waals surface area contributed by atoms with Gasteiger partial charge in [-0.2, -0.15) is 0 Å². The maximum atomic E-state index is 13.3. The van der Waals surface area contributed by atoms with E-state index in [9.17, 15) is 24.3 Å². The van der Waals surface area contributed by atoms with Gasteiger partial charge < -0.3 is 15.3 Å². The van der Waals surface area contributed by atoms with Crippen molar-refractivity contribution >= 4 is 53.9 Å². The lowest BCUT2D eigenvalue weighted by atomic mass is 9.86. The summed E-state index contributed by atoms with van der Waals surface area (Å²) < 4.78 is 2.38. The standard InChI is InChI=1S/C35H34N4O5Si/c1-45(2)29-20-23(37-14-3-15-37)6-9-26(29)33(27-10-7-24(21-30(27)45)38-16-4-17-38)28-19-22(5-8-25(28)35(43)44)34(42)36-13-18-39-31(40)11-12-32(39)41/h5-12,19-21H,3-4,13-18H2,1-2H3,(H-,36,42,43,44)/p+1. The Morgan fingerprint density at radius 3 is 2.33 bits per heavy atom. The van der Waals surface area contributed by atoms with Gasteiger partial charge in [0.2, 0.25) is 0 Å². The van der Waals surface area contributed by atoms with Crippen LogP contribution in [0.25, 0.3) is 5.57 Å². The number of nitrogens with one attached hydrogen (secondary N) is 1. The SMILES string of the molecule is C[Si]1(C)C2=CC(=[N+]3CCC3)C=CC2=C(c2cc(C(=O)NCCN3C(=O)C=CC3=O)ccc2C(=O)O)c2ccc(N3CCC3)cc21. The van der Waals surface area contributed by atoms with Gasteiger partial charge in [0.25, 0.3) is 17.7 Å². The zero-order chi connectivity index (χ0) is 31.5. The second-order valence-corrected chi connectivity index (χ2v) is 17.0. The van der Waals surface area contributed by atoms with Gasteiger partial charge in [0.15, 0.2) is 5.71 Å². The van der Waals surface area contributed by atoms with E-state index in [0.717, 1.165) is 47.8 Å². The molecular weight excluding hydrogens is 584 g/mol. The minimum atomic E-state index is -2.23. The molecule has 4 heterocycles. The Hall–Kier alpha value is -4.83. The highest BCUT2D eigenvalue weighted by atomic mass is 28.3. The van der Waals surface area contributed by atoms with Crippen LogP contribution in [0.4, 0.5) is 5.69 Å². The summed E-state index contributed by atoms with van der Waals surface area (Å²) in [5.41, 5.74) is 6.15. The van der Waals surface area contributed by atoms with Crippen molar-refractivity contribution in [1.82, 2.24) is 10.2 Å². The van der Waals surface area contributed by atoms with Crippen LogP contribution in [0.2, 0.25) is 13.1 Å². The molecule has 0 unspecified atom stereocenters. The topological polar surface area (TPSA) is 110 Å². The summed E-state index contributed by atoms with van der Waals surface area (Å²) in [6, 6.07) is 11.3. The van der Waals surface area contributed by atoms with Crippen LogP contribution in [-0.4, -0.2) is 91.3 Å². The fourth-order valence-electron chi connectivity index (χ4n) is 6.77. The molecule has 7 rings (SSSR count). The normalized spacial score (nSPS) is 19.6. The third-order valence-corrected chi connectivity index (χ3v) is 13.2. The van der Waals surface area contributed by atoms with E-state index in [2.05, 4.69) is 64.3 Å². The number of aromatic carboxylic acids is 1. The zero-order valence-corrected chi connectivity index (χ0v) is 26.4. The molecule has 9 nitrogen and oxygen atoms in total. The molecule has 2 aromatic carbocycles. The van der Waals surface area contributed by atoms with Crippen LogP contribution in [0, 0.1) is 0 Å². The molecule has 0 spiro atoms. The van der Waals surface area contributed by atoms with Gasteiger partial charge in [-0.25, -0.2) is 9.37 Å². The highest BCUT2D eigenvalue weighted by molar-refractivity contribution is 6.98. The number of hydrogen-bond acceptors (Lipinski definition) is 5. The van der Waals surface area contributed by atoms with Crippen molar-refractivity contribution in [3.8, 4) is 0 Å². The fourth-order valence-corrected chi connectivity index (χ4v) is 9.84.